The molecule has 17 unspecified atom stereocenters. The number of carbonyl (C=O) groups is 1. The first-order valence-electron chi connectivity index (χ1n) is 41.3. The second-order valence-corrected chi connectivity index (χ2v) is 29.2. The summed E-state index contributed by atoms with van der Waals surface area (Å²) in [5.41, 5.74) is 0. The molecule has 19 nitrogen and oxygen atoms in total. The van der Waals surface area contributed by atoms with Crippen molar-refractivity contribution in [1.82, 2.24) is 5.32 Å². The fraction of sp³-hybridized carbons (Fsp3) is 0.821. The van der Waals surface area contributed by atoms with E-state index < -0.39 is 124 Å². The van der Waals surface area contributed by atoms with Gasteiger partial charge in [0.2, 0.25) is 5.91 Å². The van der Waals surface area contributed by atoms with Crippen molar-refractivity contribution >= 4 is 5.91 Å². The topological polar surface area (TPSA) is 307 Å². The van der Waals surface area contributed by atoms with Gasteiger partial charge < -0.3 is 89.9 Å². The normalized spacial score (nSPS) is 26.5. The summed E-state index contributed by atoms with van der Waals surface area (Å²) < 4.78 is 34.4. The molecule has 17 atom stereocenters. The van der Waals surface area contributed by atoms with Crippen LogP contribution in [-0.4, -0.2) is 193 Å². The zero-order valence-electron chi connectivity index (χ0n) is 64.0. The van der Waals surface area contributed by atoms with E-state index in [0.29, 0.717) is 12.8 Å². The second kappa shape index (κ2) is 63.9. The largest absolute Gasteiger partial charge is 0.394 e. The summed E-state index contributed by atoms with van der Waals surface area (Å²) in [6, 6.07) is -1.00. The molecule has 3 saturated heterocycles. The SMILES string of the molecule is CC/C=C\C/C=C\C/C=C\C/C=C\CCCCCCCCCCCCCCC(=O)NC(COC1OC(CO)C(OC2OC(CO)C(OC3OC(CO)C(O)C(O)C3O)C(O)C2O)C(O)C1O)C(O)/C=C/CC/C=C/CC/C=C/CCCCCCCCCCCCCCCCCCCCCCCCC. The van der Waals surface area contributed by atoms with E-state index >= 15 is 0 Å². The van der Waals surface area contributed by atoms with Gasteiger partial charge in [0, 0.05) is 6.42 Å². The molecule has 3 fully saturated rings. The van der Waals surface area contributed by atoms with Gasteiger partial charge in [0.25, 0.3) is 0 Å². The van der Waals surface area contributed by atoms with Crippen molar-refractivity contribution in [3.05, 3.63) is 85.1 Å². The zero-order valence-corrected chi connectivity index (χ0v) is 64.0. The average Bonchev–Trinajstić information content (AvgIpc) is 0.781. The molecule has 0 bridgehead atoms. The molecule has 598 valence electrons. The molecule has 3 aliphatic rings. The molecule has 0 aromatic rings. The lowest BCUT2D eigenvalue weighted by Gasteiger charge is -2.48. The summed E-state index contributed by atoms with van der Waals surface area (Å²) in [5.74, 6) is -0.292. The van der Waals surface area contributed by atoms with E-state index in [-0.39, 0.29) is 18.9 Å². The predicted molar refractivity (Wildman–Crippen MR) is 411 cm³/mol. The minimum atomic E-state index is -1.99. The lowest BCUT2D eigenvalue weighted by Crippen LogP contribution is -2.66. The number of carbonyl (C=O) groups excluding carboxylic acids is 1. The predicted octanol–water partition coefficient (Wildman–Crippen LogP) is 14.2. The maximum atomic E-state index is 13.5. The number of allylic oxidation sites excluding steroid dienone is 13. The Hall–Kier alpha value is -3.03. The van der Waals surface area contributed by atoms with Crippen molar-refractivity contribution in [1.29, 1.82) is 0 Å². The fourth-order valence-corrected chi connectivity index (χ4v) is 13.6. The summed E-state index contributed by atoms with van der Waals surface area (Å²) >= 11 is 0. The molecule has 0 aliphatic carbocycles. The number of hydrogen-bond acceptors (Lipinski definition) is 18. The van der Waals surface area contributed by atoms with E-state index in [1.807, 2.05) is 6.08 Å². The van der Waals surface area contributed by atoms with E-state index in [9.17, 15) is 61.0 Å². The average molecular weight is 1460 g/mol. The van der Waals surface area contributed by atoms with Gasteiger partial charge in [0.15, 0.2) is 18.9 Å². The smallest absolute Gasteiger partial charge is 0.220 e. The summed E-state index contributed by atoms with van der Waals surface area (Å²) in [7, 11) is 0. The van der Waals surface area contributed by atoms with Crippen LogP contribution in [0.3, 0.4) is 0 Å². The van der Waals surface area contributed by atoms with E-state index in [2.05, 4.69) is 92.1 Å². The number of nitrogens with one attached hydrogen (secondary N) is 1. The van der Waals surface area contributed by atoms with Crippen LogP contribution in [0.5, 0.6) is 0 Å². The van der Waals surface area contributed by atoms with Gasteiger partial charge in [-0.05, 0) is 83.5 Å². The number of rotatable bonds is 65. The second-order valence-electron chi connectivity index (χ2n) is 29.2. The van der Waals surface area contributed by atoms with Gasteiger partial charge in [-0.1, -0.05) is 304 Å². The minimum absolute atomic E-state index is 0.226. The van der Waals surface area contributed by atoms with Gasteiger partial charge in [-0.15, -0.1) is 0 Å². The monoisotopic (exact) mass is 1460 g/mol. The Bertz CT molecular complexity index is 2190. The van der Waals surface area contributed by atoms with Crippen LogP contribution in [0.1, 0.15) is 309 Å². The standard InChI is InChI=1S/C84H149NO18/c1-3-5-7-9-11-13-15-17-19-21-23-25-27-29-30-31-32-33-34-35-36-38-39-41-43-45-47-49-51-53-55-57-59-61-68(89)67(85-72(90)62-60-58-56-54-52-50-48-46-44-42-40-37-28-26-24-22-20-18-16-14-12-10-8-6-4-2)66-98-82-78(96)75(93)80(70(64-87)100-82)103-84-79(97)76(94)81(71(65-88)101-84)102-83-77(95)74(92)73(91)69(63-86)99-83/h6,8,12,14,18,20,24,26,43,45,51,53,59,61,67-71,73-84,86-89,91-97H,3-5,7,9-11,13,15-17,19,21-23,25,27-42,44,46-50,52,54-58,60,62-66H2,1-2H3,(H,85,90)/b8-6-,14-12-,20-18-,26-24-,45-43+,53-51+,61-59+. The van der Waals surface area contributed by atoms with Gasteiger partial charge >= 0.3 is 0 Å². The molecule has 0 spiro atoms. The van der Waals surface area contributed by atoms with Crippen LogP contribution in [-0.2, 0) is 33.2 Å². The summed E-state index contributed by atoms with van der Waals surface area (Å²) in [4.78, 5) is 13.5. The van der Waals surface area contributed by atoms with Crippen LogP contribution in [0, 0.1) is 0 Å². The van der Waals surface area contributed by atoms with Gasteiger partial charge in [0.05, 0.1) is 38.6 Å². The number of aliphatic hydroxyl groups is 11. The summed E-state index contributed by atoms with van der Waals surface area (Å²) in [6.07, 6.45) is 58.7. The van der Waals surface area contributed by atoms with Crippen molar-refractivity contribution in [2.24, 2.45) is 0 Å². The molecule has 3 aliphatic heterocycles. The molecule has 12 N–H and O–H groups in total. The third-order valence-corrected chi connectivity index (χ3v) is 20.2. The van der Waals surface area contributed by atoms with E-state index in [1.54, 1.807) is 6.08 Å². The highest BCUT2D eigenvalue weighted by atomic mass is 16.8. The van der Waals surface area contributed by atoms with E-state index in [1.165, 1.54) is 193 Å². The van der Waals surface area contributed by atoms with Crippen LogP contribution in [0.4, 0.5) is 0 Å². The van der Waals surface area contributed by atoms with Crippen LogP contribution < -0.4 is 5.32 Å². The van der Waals surface area contributed by atoms with Crippen LogP contribution in [0.25, 0.3) is 0 Å². The summed E-state index contributed by atoms with van der Waals surface area (Å²) in [5, 5.41) is 121. The van der Waals surface area contributed by atoms with Crippen molar-refractivity contribution in [3.8, 4) is 0 Å². The Morgan fingerprint density at radius 2 is 0.680 bits per heavy atom. The Labute approximate surface area is 622 Å². The molecule has 0 saturated carbocycles. The van der Waals surface area contributed by atoms with Crippen LogP contribution in [0.15, 0.2) is 85.1 Å². The lowest BCUT2D eigenvalue weighted by molar-refractivity contribution is -0.379. The molecule has 1 amide bonds. The first-order valence-corrected chi connectivity index (χ1v) is 41.3. The number of hydrogen-bond donors (Lipinski definition) is 12. The van der Waals surface area contributed by atoms with Gasteiger partial charge in [-0.25, -0.2) is 0 Å². The van der Waals surface area contributed by atoms with Gasteiger partial charge in [-0.2, -0.15) is 0 Å². The lowest BCUT2D eigenvalue weighted by atomic mass is 9.96. The van der Waals surface area contributed by atoms with Crippen molar-refractivity contribution in [3.63, 3.8) is 0 Å². The molecule has 0 aromatic carbocycles. The van der Waals surface area contributed by atoms with Crippen molar-refractivity contribution in [2.45, 2.75) is 413 Å². The maximum absolute atomic E-state index is 13.5. The number of unbranched alkanes of at least 4 members (excludes halogenated alkanes) is 37. The molecule has 19 heteroatoms. The minimum Gasteiger partial charge on any atom is -0.394 e. The fourth-order valence-electron chi connectivity index (χ4n) is 13.6. The zero-order chi connectivity index (χ0) is 74.6. The highest BCUT2D eigenvalue weighted by molar-refractivity contribution is 5.76. The number of ether oxygens (including phenoxy) is 6. The number of aliphatic hydroxyl groups excluding tert-OH is 11. The molecule has 3 heterocycles. The Balaban J connectivity index is 1.38. The van der Waals surface area contributed by atoms with Crippen LogP contribution in [0.2, 0.25) is 0 Å². The molecular formula is C84H149NO18. The Morgan fingerprint density at radius 3 is 1.09 bits per heavy atom. The van der Waals surface area contributed by atoms with E-state index in [0.717, 1.165) is 83.5 Å². The third kappa shape index (κ3) is 43.7. The molecule has 0 radical (unpaired) electrons. The van der Waals surface area contributed by atoms with Gasteiger partial charge in [-0.3, -0.25) is 4.79 Å². The van der Waals surface area contributed by atoms with Crippen molar-refractivity contribution < 1.29 is 89.4 Å². The maximum Gasteiger partial charge on any atom is 0.220 e. The molecule has 0 aromatic heterocycles. The molecular weight excluding hydrogens is 1310 g/mol. The third-order valence-electron chi connectivity index (χ3n) is 20.2. The van der Waals surface area contributed by atoms with Crippen molar-refractivity contribution in [2.75, 3.05) is 26.4 Å². The quantitative estimate of drug-likeness (QED) is 0.0199. The highest BCUT2D eigenvalue weighted by Crippen LogP contribution is 2.33. The Morgan fingerprint density at radius 1 is 0.359 bits per heavy atom. The number of amides is 1. The van der Waals surface area contributed by atoms with E-state index in [4.69, 9.17) is 28.4 Å². The molecule has 103 heavy (non-hydrogen) atoms. The summed E-state index contributed by atoms with van der Waals surface area (Å²) in [6.45, 7) is 1.63. The van der Waals surface area contributed by atoms with Crippen LogP contribution >= 0.6 is 0 Å². The Kier molecular flexibility index (Phi) is 58.4. The highest BCUT2D eigenvalue weighted by Gasteiger charge is 2.54. The first-order chi connectivity index (χ1) is 50.3. The first kappa shape index (κ1) is 94.2. The van der Waals surface area contributed by atoms with Gasteiger partial charge in [0.1, 0.15) is 73.2 Å². The molecule has 3 rings (SSSR count).